The molecule has 2 rings (SSSR count). The van der Waals surface area contributed by atoms with Crippen LogP contribution in [0.4, 0.5) is 0 Å². The van der Waals surface area contributed by atoms with Crippen molar-refractivity contribution in [3.63, 3.8) is 0 Å². The maximum atomic E-state index is 11.7. The first-order valence-electron chi connectivity index (χ1n) is 5.79. The van der Waals surface area contributed by atoms with Crippen molar-refractivity contribution >= 4 is 15.8 Å². The minimum absolute atomic E-state index is 0.258. The molecule has 0 amide bonds. The third kappa shape index (κ3) is 2.44. The van der Waals surface area contributed by atoms with Gasteiger partial charge >= 0.3 is 5.97 Å². The summed E-state index contributed by atoms with van der Waals surface area (Å²) >= 11 is 0. The number of imidazole rings is 1. The molecule has 1 aromatic carbocycles. The van der Waals surface area contributed by atoms with Gasteiger partial charge in [-0.3, -0.25) is 0 Å². The molecule has 7 heteroatoms. The summed E-state index contributed by atoms with van der Waals surface area (Å²) in [4.78, 5) is 15.1. The lowest BCUT2D eigenvalue weighted by Gasteiger charge is -2.06. The van der Waals surface area contributed by atoms with E-state index < -0.39 is 15.8 Å². The van der Waals surface area contributed by atoms with Crippen molar-refractivity contribution in [1.82, 2.24) is 9.55 Å². The molecule has 0 fully saturated rings. The number of aromatic nitrogens is 2. The summed E-state index contributed by atoms with van der Waals surface area (Å²) in [5, 5.41) is 8.97. The largest absolute Gasteiger partial charge is 0.476 e. The Balaban J connectivity index is 2.81. The standard InChI is InChI=1S/C13H14N2O4S/c1-8-5-4-6-9(7-8)11-10(12(16)17)14-13(15(11)2)20(3,18)19/h4-7H,1-3H3,(H,16,17). The fourth-order valence-electron chi connectivity index (χ4n) is 2.08. The van der Waals surface area contributed by atoms with Crippen LogP contribution in [0.1, 0.15) is 16.1 Å². The highest BCUT2D eigenvalue weighted by Crippen LogP contribution is 2.27. The van der Waals surface area contributed by atoms with Crippen molar-refractivity contribution in [1.29, 1.82) is 0 Å². The lowest BCUT2D eigenvalue weighted by Crippen LogP contribution is -2.06. The van der Waals surface area contributed by atoms with Gasteiger partial charge in [0.05, 0.1) is 5.69 Å². The van der Waals surface area contributed by atoms with E-state index in [1.807, 2.05) is 13.0 Å². The number of aromatic carboxylic acids is 1. The van der Waals surface area contributed by atoms with Gasteiger partial charge in [0.25, 0.3) is 0 Å². The fraction of sp³-hybridized carbons (Fsp3) is 0.231. The Morgan fingerprint density at radius 1 is 1.35 bits per heavy atom. The SMILES string of the molecule is Cc1cccc(-c2c(C(=O)O)nc(S(C)(=O)=O)n2C)c1. The molecule has 1 heterocycles. The van der Waals surface area contributed by atoms with Gasteiger partial charge in [-0.2, -0.15) is 0 Å². The first kappa shape index (κ1) is 14.3. The number of hydrogen-bond donors (Lipinski definition) is 1. The Kier molecular flexibility index (Phi) is 3.39. The molecule has 1 aromatic heterocycles. The van der Waals surface area contributed by atoms with Gasteiger partial charge in [-0.1, -0.05) is 23.8 Å². The minimum Gasteiger partial charge on any atom is -0.476 e. The Bertz CT molecular complexity index is 791. The molecule has 6 nitrogen and oxygen atoms in total. The van der Waals surface area contributed by atoms with E-state index in [1.165, 1.54) is 11.6 Å². The zero-order valence-corrected chi connectivity index (χ0v) is 12.1. The highest BCUT2D eigenvalue weighted by atomic mass is 32.2. The summed E-state index contributed by atoms with van der Waals surface area (Å²) in [5.74, 6) is -1.26. The van der Waals surface area contributed by atoms with Crippen molar-refractivity contribution in [3.8, 4) is 11.3 Å². The third-order valence-electron chi connectivity index (χ3n) is 2.88. The highest BCUT2D eigenvalue weighted by molar-refractivity contribution is 7.90. The predicted molar refractivity (Wildman–Crippen MR) is 73.5 cm³/mol. The molecule has 0 spiro atoms. The molecular formula is C13H14N2O4S. The van der Waals surface area contributed by atoms with Gasteiger partial charge in [0.1, 0.15) is 0 Å². The van der Waals surface area contributed by atoms with Crippen LogP contribution in [0.5, 0.6) is 0 Å². The second-order valence-corrected chi connectivity index (χ2v) is 6.51. The highest BCUT2D eigenvalue weighted by Gasteiger charge is 2.26. The lowest BCUT2D eigenvalue weighted by atomic mass is 10.1. The molecule has 0 aliphatic rings. The van der Waals surface area contributed by atoms with Gasteiger partial charge < -0.3 is 9.67 Å². The second-order valence-electron chi connectivity index (χ2n) is 4.60. The molecule has 0 radical (unpaired) electrons. The molecule has 106 valence electrons. The Labute approximate surface area is 116 Å². The normalized spacial score (nSPS) is 11.6. The second kappa shape index (κ2) is 4.75. The van der Waals surface area contributed by atoms with Crippen LogP contribution in [-0.2, 0) is 16.9 Å². The van der Waals surface area contributed by atoms with Crippen LogP contribution in [0.25, 0.3) is 11.3 Å². The molecule has 0 unspecified atom stereocenters. The number of aryl methyl sites for hydroxylation is 1. The predicted octanol–water partition coefficient (Wildman–Crippen LogP) is 1.50. The Hall–Kier alpha value is -2.15. The molecule has 0 aliphatic carbocycles. The van der Waals surface area contributed by atoms with Gasteiger partial charge in [-0.25, -0.2) is 18.2 Å². The van der Waals surface area contributed by atoms with Crippen LogP contribution < -0.4 is 0 Å². The van der Waals surface area contributed by atoms with E-state index in [0.717, 1.165) is 11.8 Å². The summed E-state index contributed by atoms with van der Waals surface area (Å²) in [7, 11) is -2.10. The maximum absolute atomic E-state index is 11.7. The molecule has 0 bridgehead atoms. The van der Waals surface area contributed by atoms with Gasteiger partial charge in [0.15, 0.2) is 5.69 Å². The molecule has 20 heavy (non-hydrogen) atoms. The minimum atomic E-state index is -3.60. The first-order valence-corrected chi connectivity index (χ1v) is 7.68. The zero-order chi connectivity index (χ0) is 15.1. The van der Waals surface area contributed by atoms with Crippen molar-refractivity contribution in [2.24, 2.45) is 7.05 Å². The third-order valence-corrected chi connectivity index (χ3v) is 3.91. The average Bonchev–Trinajstić information content (AvgIpc) is 2.66. The molecule has 0 atom stereocenters. The topological polar surface area (TPSA) is 89.3 Å². The van der Waals surface area contributed by atoms with E-state index in [-0.39, 0.29) is 16.5 Å². The number of rotatable bonds is 3. The number of hydrogen-bond acceptors (Lipinski definition) is 4. The smallest absolute Gasteiger partial charge is 0.356 e. The van der Waals surface area contributed by atoms with E-state index in [2.05, 4.69) is 4.98 Å². The lowest BCUT2D eigenvalue weighted by molar-refractivity contribution is 0.0691. The number of carboxylic acids is 1. The quantitative estimate of drug-likeness (QED) is 0.926. The maximum Gasteiger partial charge on any atom is 0.356 e. The average molecular weight is 294 g/mol. The molecule has 0 saturated heterocycles. The Morgan fingerprint density at radius 2 is 2.00 bits per heavy atom. The summed E-state index contributed by atoms with van der Waals surface area (Å²) in [6.45, 7) is 1.87. The molecule has 0 saturated carbocycles. The first-order chi connectivity index (χ1) is 9.21. The van der Waals surface area contributed by atoms with Crippen LogP contribution in [0.15, 0.2) is 29.4 Å². The van der Waals surface area contributed by atoms with E-state index in [4.69, 9.17) is 0 Å². The fourth-order valence-corrected chi connectivity index (χ4v) is 2.93. The van der Waals surface area contributed by atoms with Crippen molar-refractivity contribution < 1.29 is 18.3 Å². The van der Waals surface area contributed by atoms with E-state index in [1.54, 1.807) is 18.2 Å². The van der Waals surface area contributed by atoms with Crippen LogP contribution in [0, 0.1) is 6.92 Å². The Morgan fingerprint density at radius 3 is 2.50 bits per heavy atom. The summed E-state index contributed by atoms with van der Waals surface area (Å²) in [6, 6.07) is 7.17. The zero-order valence-electron chi connectivity index (χ0n) is 11.3. The van der Waals surface area contributed by atoms with Crippen molar-refractivity contribution in [2.45, 2.75) is 12.1 Å². The van der Waals surface area contributed by atoms with Crippen LogP contribution in [-0.4, -0.2) is 35.3 Å². The molecule has 2 aromatic rings. The number of carboxylic acid groups (broad SMARTS) is 1. The number of benzene rings is 1. The summed E-state index contributed by atoms with van der Waals surface area (Å²) in [5.41, 5.74) is 1.58. The number of carbonyl (C=O) groups is 1. The molecule has 1 N–H and O–H groups in total. The van der Waals surface area contributed by atoms with E-state index >= 15 is 0 Å². The van der Waals surface area contributed by atoms with Crippen molar-refractivity contribution in [2.75, 3.05) is 6.26 Å². The van der Waals surface area contributed by atoms with Crippen molar-refractivity contribution in [3.05, 3.63) is 35.5 Å². The van der Waals surface area contributed by atoms with Gasteiger partial charge in [-0.15, -0.1) is 0 Å². The van der Waals surface area contributed by atoms with Crippen LogP contribution >= 0.6 is 0 Å². The number of nitrogens with zero attached hydrogens (tertiary/aromatic N) is 2. The van der Waals surface area contributed by atoms with Crippen LogP contribution in [0.2, 0.25) is 0 Å². The molecule has 0 aliphatic heterocycles. The summed E-state index contributed by atoms with van der Waals surface area (Å²) in [6.07, 6.45) is 1.00. The van der Waals surface area contributed by atoms with E-state index in [9.17, 15) is 18.3 Å². The van der Waals surface area contributed by atoms with Gasteiger partial charge in [0, 0.05) is 18.9 Å². The molecular weight excluding hydrogens is 280 g/mol. The van der Waals surface area contributed by atoms with Gasteiger partial charge in [-0.05, 0) is 13.0 Å². The summed E-state index contributed by atoms with van der Waals surface area (Å²) < 4.78 is 24.6. The van der Waals surface area contributed by atoms with Crippen LogP contribution in [0.3, 0.4) is 0 Å². The number of sulfone groups is 1. The monoisotopic (exact) mass is 294 g/mol. The van der Waals surface area contributed by atoms with Gasteiger partial charge in [0.2, 0.25) is 15.0 Å². The van der Waals surface area contributed by atoms with E-state index in [0.29, 0.717) is 5.56 Å².